The first-order valence-electron chi connectivity index (χ1n) is 10.4. The fourth-order valence-corrected chi connectivity index (χ4v) is 4.17. The van der Waals surface area contributed by atoms with E-state index in [2.05, 4.69) is 12.2 Å². The topological polar surface area (TPSA) is 102 Å². The maximum absolute atomic E-state index is 12.3. The normalized spacial score (nSPS) is 22.7. The molecule has 1 amide bonds. The van der Waals surface area contributed by atoms with Crippen molar-refractivity contribution in [3.63, 3.8) is 0 Å². The summed E-state index contributed by atoms with van der Waals surface area (Å²) in [4.78, 5) is 37.1. The molecule has 29 heavy (non-hydrogen) atoms. The number of ether oxygens (including phenoxy) is 1. The van der Waals surface area contributed by atoms with Crippen LogP contribution in [-0.4, -0.2) is 42.5 Å². The predicted molar refractivity (Wildman–Crippen MR) is 109 cm³/mol. The van der Waals surface area contributed by atoms with Gasteiger partial charge in [0.05, 0.1) is 10.8 Å². The van der Waals surface area contributed by atoms with Crippen LogP contribution in [0.3, 0.4) is 0 Å². The summed E-state index contributed by atoms with van der Waals surface area (Å²) in [5.41, 5.74) is 0.646. The minimum Gasteiger partial charge on any atom is -0.455 e. The van der Waals surface area contributed by atoms with E-state index in [-0.39, 0.29) is 41.1 Å². The summed E-state index contributed by atoms with van der Waals surface area (Å²) in [5, 5.41) is 14.2. The van der Waals surface area contributed by atoms with Crippen molar-refractivity contribution in [2.45, 2.75) is 51.5 Å². The summed E-state index contributed by atoms with van der Waals surface area (Å²) < 4.78 is 5.23. The van der Waals surface area contributed by atoms with Gasteiger partial charge in [0.1, 0.15) is 5.69 Å². The Balaban J connectivity index is 1.42. The van der Waals surface area contributed by atoms with Gasteiger partial charge in [0.2, 0.25) is 0 Å². The molecular weight excluding hydrogens is 374 g/mol. The van der Waals surface area contributed by atoms with E-state index in [1.165, 1.54) is 6.07 Å². The number of nitrogens with one attached hydrogen (secondary N) is 1. The highest BCUT2D eigenvalue weighted by molar-refractivity contribution is 5.81. The smallest absolute Gasteiger partial charge is 0.309 e. The molecule has 1 aromatic carbocycles. The SMILES string of the molecule is CC1CCC(NC(=O)COC(=O)C2CCN(c3ccccc3[N+](=O)[O-])CC2)CC1. The molecule has 1 saturated heterocycles. The Morgan fingerprint density at radius 1 is 1.14 bits per heavy atom. The van der Waals surface area contributed by atoms with Crippen LogP contribution < -0.4 is 10.2 Å². The van der Waals surface area contributed by atoms with Gasteiger partial charge in [0.15, 0.2) is 6.61 Å². The number of esters is 1. The first-order chi connectivity index (χ1) is 13.9. The molecule has 2 aliphatic rings. The Hall–Kier alpha value is -2.64. The van der Waals surface area contributed by atoms with Crippen molar-refractivity contribution in [2.75, 3.05) is 24.6 Å². The lowest BCUT2D eigenvalue weighted by Crippen LogP contribution is -2.41. The van der Waals surface area contributed by atoms with Crippen molar-refractivity contribution in [3.8, 4) is 0 Å². The molecule has 1 N–H and O–H groups in total. The summed E-state index contributed by atoms with van der Waals surface area (Å²) in [6.07, 6.45) is 5.28. The summed E-state index contributed by atoms with van der Waals surface area (Å²) in [5.74, 6) is -0.170. The number of carbonyl (C=O) groups is 2. The van der Waals surface area contributed by atoms with Crippen molar-refractivity contribution in [1.29, 1.82) is 0 Å². The molecule has 1 aromatic rings. The van der Waals surface area contributed by atoms with Gasteiger partial charge in [-0.15, -0.1) is 0 Å². The van der Waals surface area contributed by atoms with Crippen LogP contribution in [0.2, 0.25) is 0 Å². The van der Waals surface area contributed by atoms with Crippen molar-refractivity contribution >= 4 is 23.3 Å². The van der Waals surface area contributed by atoms with Crippen LogP contribution in [-0.2, 0) is 14.3 Å². The van der Waals surface area contributed by atoms with E-state index in [4.69, 9.17) is 4.74 Å². The minimum atomic E-state index is -0.388. The number of nitro groups is 1. The zero-order valence-corrected chi connectivity index (χ0v) is 16.8. The van der Waals surface area contributed by atoms with Crippen molar-refractivity contribution in [3.05, 3.63) is 34.4 Å². The molecule has 0 unspecified atom stereocenters. The maximum Gasteiger partial charge on any atom is 0.309 e. The van der Waals surface area contributed by atoms with Crippen molar-refractivity contribution in [1.82, 2.24) is 5.32 Å². The molecule has 1 saturated carbocycles. The molecule has 2 fully saturated rings. The Bertz CT molecular complexity index is 738. The molecular formula is C21H29N3O5. The van der Waals surface area contributed by atoms with Crippen molar-refractivity contribution < 1.29 is 19.2 Å². The van der Waals surface area contributed by atoms with Gasteiger partial charge in [-0.1, -0.05) is 19.1 Å². The van der Waals surface area contributed by atoms with Gasteiger partial charge in [-0.3, -0.25) is 19.7 Å². The second kappa shape index (κ2) is 9.71. The first kappa shape index (κ1) is 21.1. The van der Waals surface area contributed by atoms with Crippen LogP contribution in [0.15, 0.2) is 24.3 Å². The molecule has 1 aliphatic carbocycles. The van der Waals surface area contributed by atoms with Gasteiger partial charge in [-0.25, -0.2) is 0 Å². The van der Waals surface area contributed by atoms with Crippen molar-refractivity contribution in [2.24, 2.45) is 11.8 Å². The molecule has 0 atom stereocenters. The number of carbonyl (C=O) groups excluding carboxylic acids is 2. The van der Waals surface area contributed by atoms with Crippen LogP contribution in [0.25, 0.3) is 0 Å². The van der Waals surface area contributed by atoms with Gasteiger partial charge in [-0.05, 0) is 50.5 Å². The Labute approximate surface area is 170 Å². The van der Waals surface area contributed by atoms with Gasteiger partial charge >= 0.3 is 5.97 Å². The van der Waals surface area contributed by atoms with Crippen LogP contribution >= 0.6 is 0 Å². The number of para-hydroxylation sites is 2. The van der Waals surface area contributed by atoms with Gasteiger partial charge in [0.25, 0.3) is 11.6 Å². The fraction of sp³-hybridized carbons (Fsp3) is 0.619. The second-order valence-electron chi connectivity index (χ2n) is 8.14. The third-order valence-electron chi connectivity index (χ3n) is 5.97. The second-order valence-corrected chi connectivity index (χ2v) is 8.14. The third-order valence-corrected chi connectivity index (χ3v) is 5.97. The van der Waals surface area contributed by atoms with E-state index in [0.717, 1.165) is 25.7 Å². The minimum absolute atomic E-state index is 0.0716. The molecule has 0 aromatic heterocycles. The largest absolute Gasteiger partial charge is 0.455 e. The number of piperidine rings is 1. The lowest BCUT2D eigenvalue weighted by atomic mass is 9.87. The molecule has 0 spiro atoms. The molecule has 1 heterocycles. The summed E-state index contributed by atoms with van der Waals surface area (Å²) in [6, 6.07) is 6.81. The molecule has 0 radical (unpaired) electrons. The predicted octanol–water partition coefficient (Wildman–Crippen LogP) is 3.05. The monoisotopic (exact) mass is 403 g/mol. The van der Waals surface area contributed by atoms with Crippen LogP contribution in [0, 0.1) is 22.0 Å². The number of hydrogen-bond acceptors (Lipinski definition) is 6. The Morgan fingerprint density at radius 3 is 2.45 bits per heavy atom. The molecule has 3 rings (SSSR count). The average Bonchev–Trinajstić information content (AvgIpc) is 2.74. The van der Waals surface area contributed by atoms with Crippen LogP contribution in [0.4, 0.5) is 11.4 Å². The molecule has 158 valence electrons. The Kier molecular flexibility index (Phi) is 7.06. The number of nitrogens with zero attached hydrogens (tertiary/aromatic N) is 2. The number of anilines is 1. The first-order valence-corrected chi connectivity index (χ1v) is 10.4. The number of benzene rings is 1. The van der Waals surface area contributed by atoms with Gasteiger partial charge in [-0.2, -0.15) is 0 Å². The quantitative estimate of drug-likeness (QED) is 0.445. The van der Waals surface area contributed by atoms with E-state index in [1.54, 1.807) is 18.2 Å². The number of nitro benzene ring substituents is 1. The highest BCUT2D eigenvalue weighted by Gasteiger charge is 2.29. The van der Waals surface area contributed by atoms with E-state index < -0.39 is 0 Å². The summed E-state index contributed by atoms with van der Waals surface area (Å²) in [7, 11) is 0. The summed E-state index contributed by atoms with van der Waals surface area (Å²) in [6.45, 7) is 3.06. The average molecular weight is 403 g/mol. The van der Waals surface area contributed by atoms with E-state index >= 15 is 0 Å². The lowest BCUT2D eigenvalue weighted by molar-refractivity contribution is -0.384. The fourth-order valence-electron chi connectivity index (χ4n) is 4.17. The highest BCUT2D eigenvalue weighted by Crippen LogP contribution is 2.31. The number of rotatable bonds is 6. The standard InChI is InChI=1S/C21H29N3O5/c1-15-6-8-17(9-7-15)22-20(25)14-29-21(26)16-10-12-23(13-11-16)18-4-2-3-5-19(18)24(27)28/h2-5,15-17H,6-14H2,1H3,(H,22,25). The molecule has 1 aliphatic heterocycles. The third kappa shape index (κ3) is 5.68. The molecule has 8 nitrogen and oxygen atoms in total. The summed E-state index contributed by atoms with van der Waals surface area (Å²) >= 11 is 0. The van der Waals surface area contributed by atoms with Gasteiger partial charge in [0, 0.05) is 25.2 Å². The van der Waals surface area contributed by atoms with E-state index in [0.29, 0.717) is 37.5 Å². The zero-order chi connectivity index (χ0) is 20.8. The maximum atomic E-state index is 12.3. The highest BCUT2D eigenvalue weighted by atomic mass is 16.6. The number of hydrogen-bond donors (Lipinski definition) is 1. The molecule has 8 heteroatoms. The lowest BCUT2D eigenvalue weighted by Gasteiger charge is -2.32. The van der Waals surface area contributed by atoms with E-state index in [1.807, 2.05) is 4.90 Å². The van der Waals surface area contributed by atoms with Gasteiger partial charge < -0.3 is 15.0 Å². The zero-order valence-electron chi connectivity index (χ0n) is 16.8. The number of amides is 1. The van der Waals surface area contributed by atoms with Crippen LogP contribution in [0.5, 0.6) is 0 Å². The Morgan fingerprint density at radius 2 is 1.79 bits per heavy atom. The van der Waals surface area contributed by atoms with E-state index in [9.17, 15) is 19.7 Å². The molecule has 0 bridgehead atoms. The van der Waals surface area contributed by atoms with Crippen LogP contribution in [0.1, 0.15) is 45.4 Å².